The zero-order chi connectivity index (χ0) is 13.1. The van der Waals surface area contributed by atoms with Crippen molar-refractivity contribution in [2.75, 3.05) is 37.6 Å². The third kappa shape index (κ3) is 2.93. The minimum Gasteiger partial charge on any atom is -0.370 e. The molecular formula is C15H20ClN3. The summed E-state index contributed by atoms with van der Waals surface area (Å²) in [7, 11) is 0. The van der Waals surface area contributed by atoms with Gasteiger partial charge >= 0.3 is 0 Å². The zero-order valence-corrected chi connectivity index (χ0v) is 11.9. The van der Waals surface area contributed by atoms with Gasteiger partial charge in [0.25, 0.3) is 0 Å². The van der Waals surface area contributed by atoms with Crippen LogP contribution in [0, 0.1) is 0 Å². The summed E-state index contributed by atoms with van der Waals surface area (Å²) in [6.45, 7) is 6.16. The van der Waals surface area contributed by atoms with Gasteiger partial charge in [0.05, 0.1) is 17.3 Å². The second-order valence-corrected chi connectivity index (χ2v) is 5.67. The van der Waals surface area contributed by atoms with Gasteiger partial charge in [-0.2, -0.15) is 0 Å². The van der Waals surface area contributed by atoms with E-state index in [0.29, 0.717) is 0 Å². The third-order valence-corrected chi connectivity index (χ3v) is 4.21. The first-order valence-electron chi connectivity index (χ1n) is 7.07. The third-order valence-electron chi connectivity index (χ3n) is 3.90. The minimum absolute atomic E-state index is 0.894. The summed E-state index contributed by atoms with van der Waals surface area (Å²) in [6.07, 6.45) is 4.58. The molecule has 1 fully saturated rings. The molecule has 19 heavy (non-hydrogen) atoms. The van der Waals surface area contributed by atoms with Crippen molar-refractivity contribution in [3.63, 3.8) is 0 Å². The van der Waals surface area contributed by atoms with E-state index < -0.39 is 0 Å². The largest absolute Gasteiger partial charge is 0.370 e. The van der Waals surface area contributed by atoms with Crippen molar-refractivity contribution in [2.45, 2.75) is 19.4 Å². The van der Waals surface area contributed by atoms with Crippen molar-refractivity contribution in [3.05, 3.63) is 28.8 Å². The molecule has 0 saturated carbocycles. The van der Waals surface area contributed by atoms with Crippen LogP contribution in [0.3, 0.4) is 0 Å². The average molecular weight is 278 g/mol. The average Bonchev–Trinajstić information content (AvgIpc) is 2.94. The predicted octanol–water partition coefficient (Wildman–Crippen LogP) is 2.83. The van der Waals surface area contributed by atoms with Crippen molar-refractivity contribution >= 4 is 23.5 Å². The number of nitrogens with zero attached hydrogens (tertiary/aromatic N) is 3. The Labute approximate surface area is 119 Å². The molecule has 1 aromatic carbocycles. The van der Waals surface area contributed by atoms with Crippen LogP contribution < -0.4 is 4.90 Å². The molecule has 2 aliphatic heterocycles. The number of anilines is 1. The number of hydrogen-bond donors (Lipinski definition) is 0. The summed E-state index contributed by atoms with van der Waals surface area (Å²) in [5.41, 5.74) is 2.61. The highest BCUT2D eigenvalue weighted by Crippen LogP contribution is 2.33. The Bertz CT molecular complexity index is 466. The summed E-state index contributed by atoms with van der Waals surface area (Å²) in [4.78, 5) is 9.15. The molecule has 0 unspecified atom stereocenters. The van der Waals surface area contributed by atoms with E-state index in [9.17, 15) is 0 Å². The molecule has 0 aliphatic carbocycles. The van der Waals surface area contributed by atoms with Gasteiger partial charge in [0, 0.05) is 38.9 Å². The van der Waals surface area contributed by atoms with Gasteiger partial charge in [-0.1, -0.05) is 23.7 Å². The lowest BCUT2D eigenvalue weighted by Crippen LogP contribution is -2.32. The number of aliphatic imine (C=N–C) groups is 1. The SMILES string of the molecule is Clc1cccc(CN2CC=NCC2)c1N1CCCC1. The smallest absolute Gasteiger partial charge is 0.0642 e. The van der Waals surface area contributed by atoms with Crippen LogP contribution in [0.4, 0.5) is 5.69 Å². The number of benzene rings is 1. The fraction of sp³-hybridized carbons (Fsp3) is 0.533. The number of para-hydroxylation sites is 1. The van der Waals surface area contributed by atoms with E-state index in [1.54, 1.807) is 0 Å². The van der Waals surface area contributed by atoms with Crippen LogP contribution in [-0.2, 0) is 6.54 Å². The second-order valence-electron chi connectivity index (χ2n) is 5.27. The highest BCUT2D eigenvalue weighted by Gasteiger charge is 2.20. The molecule has 1 saturated heterocycles. The van der Waals surface area contributed by atoms with Crippen molar-refractivity contribution < 1.29 is 0 Å². The predicted molar refractivity (Wildman–Crippen MR) is 81.5 cm³/mol. The molecular weight excluding hydrogens is 258 g/mol. The van der Waals surface area contributed by atoms with Gasteiger partial charge in [-0.3, -0.25) is 9.89 Å². The molecule has 3 rings (SSSR count). The van der Waals surface area contributed by atoms with Crippen molar-refractivity contribution in [1.29, 1.82) is 0 Å². The lowest BCUT2D eigenvalue weighted by molar-refractivity contribution is 0.305. The summed E-state index contributed by atoms with van der Waals surface area (Å²) >= 11 is 6.44. The molecule has 3 nitrogen and oxygen atoms in total. The first-order chi connectivity index (χ1) is 9.34. The molecule has 4 heteroatoms. The standard InChI is InChI=1S/C15H20ClN3/c16-14-5-3-4-13(12-18-10-6-17-7-11-18)15(14)19-8-1-2-9-19/h3-6H,1-2,7-12H2. The van der Waals surface area contributed by atoms with Gasteiger partial charge < -0.3 is 4.90 Å². The van der Waals surface area contributed by atoms with Crippen LogP contribution in [0.1, 0.15) is 18.4 Å². The van der Waals surface area contributed by atoms with Crippen LogP contribution >= 0.6 is 11.6 Å². The monoisotopic (exact) mass is 277 g/mol. The maximum absolute atomic E-state index is 6.44. The summed E-state index contributed by atoms with van der Waals surface area (Å²) in [6, 6.07) is 6.29. The van der Waals surface area contributed by atoms with E-state index in [0.717, 1.165) is 44.3 Å². The molecule has 2 aliphatic rings. The minimum atomic E-state index is 0.894. The first kappa shape index (κ1) is 12.9. The number of rotatable bonds is 3. The Balaban J connectivity index is 1.83. The Hall–Kier alpha value is -1.06. The first-order valence-corrected chi connectivity index (χ1v) is 7.45. The van der Waals surface area contributed by atoms with Crippen LogP contribution in [0.2, 0.25) is 5.02 Å². The van der Waals surface area contributed by atoms with E-state index >= 15 is 0 Å². The topological polar surface area (TPSA) is 18.8 Å². The Morgan fingerprint density at radius 2 is 2.00 bits per heavy atom. The summed E-state index contributed by atoms with van der Waals surface area (Å²) in [5, 5.41) is 0.894. The summed E-state index contributed by atoms with van der Waals surface area (Å²) < 4.78 is 0. The van der Waals surface area contributed by atoms with Crippen LogP contribution in [0.25, 0.3) is 0 Å². The van der Waals surface area contributed by atoms with Gasteiger partial charge in [0.2, 0.25) is 0 Å². The van der Waals surface area contributed by atoms with E-state index in [2.05, 4.69) is 26.9 Å². The van der Waals surface area contributed by atoms with Gasteiger partial charge in [0.1, 0.15) is 0 Å². The summed E-state index contributed by atoms with van der Waals surface area (Å²) in [5.74, 6) is 0. The quantitative estimate of drug-likeness (QED) is 0.846. The molecule has 0 aromatic heterocycles. The molecule has 0 radical (unpaired) electrons. The van der Waals surface area contributed by atoms with Crippen molar-refractivity contribution in [3.8, 4) is 0 Å². The fourth-order valence-electron chi connectivity index (χ4n) is 2.92. The van der Waals surface area contributed by atoms with E-state index in [1.165, 1.54) is 24.1 Å². The molecule has 0 amide bonds. The second kappa shape index (κ2) is 5.93. The van der Waals surface area contributed by atoms with Crippen LogP contribution in [0.5, 0.6) is 0 Å². The lowest BCUT2D eigenvalue weighted by atomic mass is 10.1. The number of halogens is 1. The highest BCUT2D eigenvalue weighted by atomic mass is 35.5. The molecule has 0 spiro atoms. The molecule has 1 aromatic rings. The Kier molecular flexibility index (Phi) is 4.04. The van der Waals surface area contributed by atoms with Crippen molar-refractivity contribution in [1.82, 2.24) is 4.90 Å². The van der Waals surface area contributed by atoms with E-state index in [-0.39, 0.29) is 0 Å². The normalized spacial score (nSPS) is 20.2. The van der Waals surface area contributed by atoms with Gasteiger partial charge in [0.15, 0.2) is 0 Å². The van der Waals surface area contributed by atoms with E-state index in [4.69, 9.17) is 11.6 Å². The maximum Gasteiger partial charge on any atom is 0.0642 e. The Morgan fingerprint density at radius 3 is 2.74 bits per heavy atom. The molecule has 0 bridgehead atoms. The van der Waals surface area contributed by atoms with Gasteiger partial charge in [-0.15, -0.1) is 0 Å². The molecule has 2 heterocycles. The van der Waals surface area contributed by atoms with Crippen LogP contribution in [-0.4, -0.2) is 43.8 Å². The van der Waals surface area contributed by atoms with Gasteiger partial charge in [-0.25, -0.2) is 0 Å². The lowest BCUT2D eigenvalue weighted by Gasteiger charge is -2.27. The van der Waals surface area contributed by atoms with E-state index in [1.807, 2.05) is 12.3 Å². The van der Waals surface area contributed by atoms with Crippen molar-refractivity contribution in [2.24, 2.45) is 4.99 Å². The Morgan fingerprint density at radius 1 is 1.16 bits per heavy atom. The highest BCUT2D eigenvalue weighted by molar-refractivity contribution is 6.33. The number of hydrogen-bond acceptors (Lipinski definition) is 3. The molecule has 102 valence electrons. The fourth-order valence-corrected chi connectivity index (χ4v) is 3.24. The maximum atomic E-state index is 6.44. The van der Waals surface area contributed by atoms with Gasteiger partial charge in [-0.05, 0) is 24.5 Å². The van der Waals surface area contributed by atoms with Crippen LogP contribution in [0.15, 0.2) is 23.2 Å². The molecule has 0 N–H and O–H groups in total. The molecule has 0 atom stereocenters. The zero-order valence-electron chi connectivity index (χ0n) is 11.2.